The Hall–Kier alpha value is -1.94. The predicted octanol–water partition coefficient (Wildman–Crippen LogP) is 0.821. The Kier molecular flexibility index (Phi) is 5.05. The predicted molar refractivity (Wildman–Crippen MR) is 84.8 cm³/mol. The van der Waals surface area contributed by atoms with Crippen LogP contribution in [0.3, 0.4) is 0 Å². The molecule has 0 atom stereocenters. The molecule has 0 bridgehead atoms. The summed E-state index contributed by atoms with van der Waals surface area (Å²) in [6, 6.07) is 11.9. The first kappa shape index (κ1) is 17.4. The summed E-state index contributed by atoms with van der Waals surface area (Å²) >= 11 is 0. The highest BCUT2D eigenvalue weighted by atomic mass is 32.2. The van der Waals surface area contributed by atoms with E-state index in [4.69, 9.17) is 9.88 Å². The quantitative estimate of drug-likeness (QED) is 0.795. The summed E-state index contributed by atoms with van der Waals surface area (Å²) in [7, 11) is -6.14. The highest BCUT2D eigenvalue weighted by Crippen LogP contribution is 2.22. The van der Waals surface area contributed by atoms with E-state index in [1.807, 2.05) is 0 Å². The zero-order valence-corrected chi connectivity index (χ0v) is 13.9. The van der Waals surface area contributed by atoms with Gasteiger partial charge in [-0.1, -0.05) is 24.3 Å². The van der Waals surface area contributed by atoms with Crippen molar-refractivity contribution >= 4 is 20.0 Å². The third-order valence-electron chi connectivity index (χ3n) is 3.08. The van der Waals surface area contributed by atoms with Crippen molar-refractivity contribution in [3.05, 3.63) is 54.1 Å². The maximum Gasteiger partial charge on any atom is 0.244 e. The molecule has 0 unspecified atom stereocenters. The van der Waals surface area contributed by atoms with Crippen LogP contribution in [0.25, 0.3) is 0 Å². The summed E-state index contributed by atoms with van der Waals surface area (Å²) in [5.41, 5.74) is 0.593. The van der Waals surface area contributed by atoms with E-state index in [2.05, 4.69) is 4.72 Å². The van der Waals surface area contributed by atoms with Crippen molar-refractivity contribution in [2.45, 2.75) is 16.3 Å². The molecule has 0 heterocycles. The van der Waals surface area contributed by atoms with E-state index < -0.39 is 20.0 Å². The number of para-hydroxylation sites is 1. The lowest BCUT2D eigenvalue weighted by Gasteiger charge is -2.10. The van der Waals surface area contributed by atoms with Crippen LogP contribution in [0.5, 0.6) is 5.75 Å². The van der Waals surface area contributed by atoms with E-state index in [9.17, 15) is 16.8 Å². The molecule has 9 heteroatoms. The molecule has 0 saturated heterocycles. The molecule has 2 rings (SSSR count). The topological polar surface area (TPSA) is 116 Å². The van der Waals surface area contributed by atoms with Gasteiger partial charge in [-0.25, -0.2) is 26.7 Å². The summed E-state index contributed by atoms with van der Waals surface area (Å²) in [4.78, 5) is -0.00232. The minimum Gasteiger partial charge on any atom is -0.495 e. The van der Waals surface area contributed by atoms with Crippen molar-refractivity contribution in [3.8, 4) is 5.75 Å². The van der Waals surface area contributed by atoms with Gasteiger partial charge in [-0.15, -0.1) is 0 Å². The normalized spacial score (nSPS) is 12.1. The molecule has 0 aromatic heterocycles. The van der Waals surface area contributed by atoms with Crippen molar-refractivity contribution in [3.63, 3.8) is 0 Å². The number of sulfonamides is 2. The number of benzene rings is 2. The Morgan fingerprint density at radius 3 is 2.17 bits per heavy atom. The lowest BCUT2D eigenvalue weighted by atomic mass is 10.2. The number of hydrogen-bond donors (Lipinski definition) is 2. The van der Waals surface area contributed by atoms with Crippen LogP contribution in [0.4, 0.5) is 0 Å². The number of methoxy groups -OCH3 is 1. The molecular weight excluding hydrogens is 340 g/mol. The van der Waals surface area contributed by atoms with Gasteiger partial charge in [-0.3, -0.25) is 0 Å². The molecule has 7 nitrogen and oxygen atoms in total. The molecular formula is C14H16N2O5S2. The molecule has 0 radical (unpaired) electrons. The van der Waals surface area contributed by atoms with E-state index in [1.165, 1.54) is 37.4 Å². The molecule has 2 aromatic carbocycles. The highest BCUT2D eigenvalue weighted by molar-refractivity contribution is 7.89. The second-order valence-electron chi connectivity index (χ2n) is 4.66. The summed E-state index contributed by atoms with van der Waals surface area (Å²) in [6.45, 7) is 0.00524. The molecule has 2 aromatic rings. The van der Waals surface area contributed by atoms with Crippen LogP contribution in [-0.4, -0.2) is 23.9 Å². The van der Waals surface area contributed by atoms with Gasteiger partial charge in [0.2, 0.25) is 20.0 Å². The largest absolute Gasteiger partial charge is 0.495 e. The van der Waals surface area contributed by atoms with Crippen molar-refractivity contribution < 1.29 is 21.6 Å². The van der Waals surface area contributed by atoms with Crippen LogP contribution in [-0.2, 0) is 26.6 Å². The number of nitrogens with two attached hydrogens (primary N) is 1. The molecule has 0 spiro atoms. The Morgan fingerprint density at radius 2 is 1.61 bits per heavy atom. The molecule has 0 aliphatic rings. The van der Waals surface area contributed by atoms with Crippen molar-refractivity contribution in [1.82, 2.24) is 4.72 Å². The smallest absolute Gasteiger partial charge is 0.244 e. The zero-order chi connectivity index (χ0) is 17.1. The lowest BCUT2D eigenvalue weighted by molar-refractivity contribution is 0.402. The molecule has 23 heavy (non-hydrogen) atoms. The fraction of sp³-hybridized carbons (Fsp3) is 0.143. The van der Waals surface area contributed by atoms with E-state index >= 15 is 0 Å². The van der Waals surface area contributed by atoms with Gasteiger partial charge >= 0.3 is 0 Å². The Balaban J connectivity index is 2.16. The van der Waals surface area contributed by atoms with Gasteiger partial charge in [-0.2, -0.15) is 0 Å². The number of ether oxygens (including phenoxy) is 1. The number of primary sulfonamides is 1. The summed E-state index contributed by atoms with van der Waals surface area (Å²) < 4.78 is 54.4. The van der Waals surface area contributed by atoms with E-state index in [-0.39, 0.29) is 22.1 Å². The first-order valence-corrected chi connectivity index (χ1v) is 9.51. The van der Waals surface area contributed by atoms with Gasteiger partial charge in [0.15, 0.2) is 0 Å². The van der Waals surface area contributed by atoms with Crippen molar-refractivity contribution in [2.24, 2.45) is 5.14 Å². The van der Waals surface area contributed by atoms with Crippen molar-refractivity contribution in [2.75, 3.05) is 7.11 Å². The number of nitrogens with one attached hydrogen (secondary N) is 1. The van der Waals surface area contributed by atoms with Gasteiger partial charge < -0.3 is 4.74 Å². The van der Waals surface area contributed by atoms with Crippen LogP contribution in [0, 0.1) is 0 Å². The van der Waals surface area contributed by atoms with Crippen LogP contribution in [0.2, 0.25) is 0 Å². The van der Waals surface area contributed by atoms with E-state index in [0.29, 0.717) is 5.56 Å². The fourth-order valence-corrected chi connectivity index (χ4v) is 3.60. The third-order valence-corrected chi connectivity index (χ3v) is 5.45. The third kappa shape index (κ3) is 4.29. The monoisotopic (exact) mass is 356 g/mol. The zero-order valence-electron chi connectivity index (χ0n) is 12.3. The maximum absolute atomic E-state index is 12.3. The molecule has 0 fully saturated rings. The Morgan fingerprint density at radius 1 is 1.00 bits per heavy atom. The average molecular weight is 356 g/mol. The van der Waals surface area contributed by atoms with Crippen LogP contribution < -0.4 is 14.6 Å². The first-order valence-electron chi connectivity index (χ1n) is 6.48. The summed E-state index contributed by atoms with van der Waals surface area (Å²) in [5, 5.41) is 5.00. The van der Waals surface area contributed by atoms with E-state index in [0.717, 1.165) is 0 Å². The molecule has 0 amide bonds. The van der Waals surface area contributed by atoms with E-state index in [1.54, 1.807) is 18.2 Å². The van der Waals surface area contributed by atoms with Crippen LogP contribution >= 0.6 is 0 Å². The fourth-order valence-electron chi connectivity index (χ4n) is 1.89. The number of rotatable bonds is 6. The Bertz CT molecular complexity index is 891. The molecule has 0 aliphatic carbocycles. The second-order valence-corrected chi connectivity index (χ2v) is 7.96. The van der Waals surface area contributed by atoms with Gasteiger partial charge in [0, 0.05) is 6.54 Å². The highest BCUT2D eigenvalue weighted by Gasteiger charge is 2.18. The molecule has 0 aliphatic heterocycles. The van der Waals surface area contributed by atoms with Crippen molar-refractivity contribution in [1.29, 1.82) is 0 Å². The standard InChI is InChI=1S/C14H16N2O5S2/c1-21-13-4-2-3-5-14(13)23(19,20)16-10-11-6-8-12(9-7-11)22(15,17)18/h2-9,16H,10H2,1H3,(H2,15,17,18). The minimum atomic E-state index is -3.77. The minimum absolute atomic E-state index is 0.00524. The van der Waals surface area contributed by atoms with Gasteiger partial charge in [-0.05, 0) is 29.8 Å². The van der Waals surface area contributed by atoms with Crippen LogP contribution in [0.15, 0.2) is 58.3 Å². The molecule has 0 saturated carbocycles. The van der Waals surface area contributed by atoms with Gasteiger partial charge in [0.05, 0.1) is 12.0 Å². The van der Waals surface area contributed by atoms with Gasteiger partial charge in [0.1, 0.15) is 10.6 Å². The maximum atomic E-state index is 12.3. The van der Waals surface area contributed by atoms with Crippen LogP contribution in [0.1, 0.15) is 5.56 Å². The first-order chi connectivity index (χ1) is 10.7. The number of hydrogen-bond acceptors (Lipinski definition) is 5. The average Bonchev–Trinajstić information content (AvgIpc) is 2.52. The molecule has 3 N–H and O–H groups in total. The molecule has 124 valence electrons. The summed E-state index contributed by atoms with van der Waals surface area (Å²) in [6.07, 6.45) is 0. The summed E-state index contributed by atoms with van der Waals surface area (Å²) in [5.74, 6) is 0.240. The van der Waals surface area contributed by atoms with Gasteiger partial charge in [0.25, 0.3) is 0 Å². The lowest BCUT2D eigenvalue weighted by Crippen LogP contribution is -2.23. The second kappa shape index (κ2) is 6.67. The Labute approximate surface area is 135 Å². The SMILES string of the molecule is COc1ccccc1S(=O)(=O)NCc1ccc(S(N)(=O)=O)cc1.